The predicted molar refractivity (Wildman–Crippen MR) is 111 cm³/mol. The minimum absolute atomic E-state index is 0.0563. The molecule has 0 saturated carbocycles. The summed E-state index contributed by atoms with van der Waals surface area (Å²) in [7, 11) is 0. The monoisotopic (exact) mass is 448 g/mol. The summed E-state index contributed by atoms with van der Waals surface area (Å²) in [6, 6.07) is 15.5. The van der Waals surface area contributed by atoms with Crippen LogP contribution in [0.2, 0.25) is 5.02 Å². The van der Waals surface area contributed by atoms with Crippen LogP contribution in [-0.2, 0) is 11.0 Å². The molecule has 0 spiro atoms. The molecule has 30 heavy (non-hydrogen) atoms. The lowest BCUT2D eigenvalue weighted by atomic mass is 10.2. The molecule has 4 nitrogen and oxygen atoms in total. The number of alkyl halides is 3. The molecule has 4 rings (SSSR count). The molecule has 9 heteroatoms. The highest BCUT2D eigenvalue weighted by Crippen LogP contribution is 2.38. The molecule has 3 aromatic rings. The third-order valence-electron chi connectivity index (χ3n) is 4.12. The van der Waals surface area contributed by atoms with Gasteiger partial charge in [-0.3, -0.25) is 4.79 Å². The Balaban J connectivity index is 1.59. The third-order valence-corrected chi connectivity index (χ3v) is 5.36. The summed E-state index contributed by atoms with van der Waals surface area (Å²) < 4.78 is 45.1. The first-order chi connectivity index (χ1) is 14.3. The number of rotatable bonds is 3. The van der Waals surface area contributed by atoms with E-state index in [1.54, 1.807) is 30.3 Å². The molecule has 0 radical (unpaired) electrons. The van der Waals surface area contributed by atoms with Crippen molar-refractivity contribution in [2.24, 2.45) is 4.99 Å². The fourth-order valence-electron chi connectivity index (χ4n) is 2.77. The minimum atomic E-state index is -4.55. The molecule has 1 saturated heterocycles. The highest BCUT2D eigenvalue weighted by atomic mass is 35.5. The maximum atomic E-state index is 13.1. The van der Waals surface area contributed by atoms with Gasteiger partial charge in [0.25, 0.3) is 5.91 Å². The van der Waals surface area contributed by atoms with Gasteiger partial charge in [-0.15, -0.1) is 0 Å². The number of carbonyl (C=O) groups excluding carboxylic acids is 1. The smallest absolute Gasteiger partial charge is 0.418 e. The van der Waals surface area contributed by atoms with Crippen LogP contribution in [0.3, 0.4) is 0 Å². The van der Waals surface area contributed by atoms with Crippen LogP contribution in [0.15, 0.2) is 75.0 Å². The zero-order chi connectivity index (χ0) is 21.3. The van der Waals surface area contributed by atoms with E-state index in [2.05, 4.69) is 10.3 Å². The Morgan fingerprint density at radius 2 is 1.77 bits per heavy atom. The molecule has 1 aliphatic heterocycles. The van der Waals surface area contributed by atoms with Crippen molar-refractivity contribution >= 4 is 46.2 Å². The number of para-hydroxylation sites is 1. The number of thioether (sulfide) groups is 1. The second kappa shape index (κ2) is 8.04. The highest BCUT2D eigenvalue weighted by Gasteiger charge is 2.34. The molecule has 0 atom stereocenters. The number of benzene rings is 2. The highest BCUT2D eigenvalue weighted by molar-refractivity contribution is 8.18. The van der Waals surface area contributed by atoms with Crippen LogP contribution in [0, 0.1) is 0 Å². The molecular formula is C21H12ClF3N2O2S. The molecule has 0 bridgehead atoms. The first kappa shape index (κ1) is 20.3. The minimum Gasteiger partial charge on any atom is -0.457 e. The predicted octanol–water partition coefficient (Wildman–Crippen LogP) is 6.51. The summed E-state index contributed by atoms with van der Waals surface area (Å²) in [5.74, 6) is 0.460. The summed E-state index contributed by atoms with van der Waals surface area (Å²) in [4.78, 5) is 16.4. The Hall–Kier alpha value is -2.97. The van der Waals surface area contributed by atoms with Crippen LogP contribution in [0.25, 0.3) is 17.4 Å². The number of hydrogen-bond acceptors (Lipinski definition) is 4. The average molecular weight is 449 g/mol. The van der Waals surface area contributed by atoms with Gasteiger partial charge in [-0.2, -0.15) is 13.2 Å². The molecule has 0 unspecified atom stereocenters. The van der Waals surface area contributed by atoms with Crippen molar-refractivity contribution in [3.05, 3.63) is 81.9 Å². The third kappa shape index (κ3) is 4.29. The lowest BCUT2D eigenvalue weighted by Gasteiger charge is -2.09. The van der Waals surface area contributed by atoms with Crippen LogP contribution >= 0.6 is 23.4 Å². The van der Waals surface area contributed by atoms with Crippen molar-refractivity contribution in [1.82, 2.24) is 5.32 Å². The van der Waals surface area contributed by atoms with Gasteiger partial charge in [-0.25, -0.2) is 4.99 Å². The van der Waals surface area contributed by atoms with Gasteiger partial charge < -0.3 is 9.73 Å². The van der Waals surface area contributed by atoms with Crippen molar-refractivity contribution in [2.75, 3.05) is 0 Å². The number of hydrogen-bond donors (Lipinski definition) is 1. The van der Waals surface area contributed by atoms with E-state index in [-0.39, 0.29) is 15.8 Å². The van der Waals surface area contributed by atoms with Crippen molar-refractivity contribution in [3.63, 3.8) is 0 Å². The summed E-state index contributed by atoms with van der Waals surface area (Å²) in [5, 5.41) is 3.06. The number of furan rings is 1. The molecular weight excluding hydrogens is 437 g/mol. The lowest BCUT2D eigenvalue weighted by Crippen LogP contribution is -2.19. The first-order valence-electron chi connectivity index (χ1n) is 8.62. The summed E-state index contributed by atoms with van der Waals surface area (Å²) in [5.41, 5.74) is -0.438. The second-order valence-corrected chi connectivity index (χ2v) is 7.62. The summed E-state index contributed by atoms with van der Waals surface area (Å²) >= 11 is 7.10. The first-order valence-corrected chi connectivity index (χ1v) is 9.81. The van der Waals surface area contributed by atoms with Crippen molar-refractivity contribution in [3.8, 4) is 11.3 Å². The quantitative estimate of drug-likeness (QED) is 0.465. The van der Waals surface area contributed by atoms with Crippen LogP contribution in [0.4, 0.5) is 18.9 Å². The standard InChI is InChI=1S/C21H12ClF3N2O2S/c22-15-7-3-1-5-13(15)17-10-9-12(29-17)11-18-19(28)27-20(30-18)26-16-8-4-2-6-14(16)21(23,24)25/h1-11H,(H,26,27,28)/b18-11+. The summed E-state index contributed by atoms with van der Waals surface area (Å²) in [6.07, 6.45) is -3.05. The topological polar surface area (TPSA) is 54.6 Å². The van der Waals surface area contributed by atoms with Crippen LogP contribution in [-0.4, -0.2) is 11.1 Å². The Kier molecular flexibility index (Phi) is 5.44. The van der Waals surface area contributed by atoms with Gasteiger partial charge in [-0.05, 0) is 48.2 Å². The van der Waals surface area contributed by atoms with E-state index >= 15 is 0 Å². The molecule has 1 N–H and O–H groups in total. The summed E-state index contributed by atoms with van der Waals surface area (Å²) in [6.45, 7) is 0. The van der Waals surface area contributed by atoms with Gasteiger partial charge in [0.2, 0.25) is 0 Å². The lowest BCUT2D eigenvalue weighted by molar-refractivity contribution is -0.137. The molecule has 1 aromatic heterocycles. The SMILES string of the molecule is O=C1NC(=Nc2ccccc2C(F)(F)F)S/C1=C/c1ccc(-c2ccccc2Cl)o1. The molecule has 152 valence electrons. The maximum absolute atomic E-state index is 13.1. The van der Waals surface area contributed by atoms with Crippen LogP contribution < -0.4 is 5.32 Å². The van der Waals surface area contributed by atoms with Gasteiger partial charge in [0.05, 0.1) is 21.2 Å². The van der Waals surface area contributed by atoms with Gasteiger partial charge in [0.15, 0.2) is 5.17 Å². The van der Waals surface area contributed by atoms with Gasteiger partial charge in [-0.1, -0.05) is 35.9 Å². The van der Waals surface area contributed by atoms with E-state index < -0.39 is 17.6 Å². The Morgan fingerprint density at radius 3 is 2.53 bits per heavy atom. The number of carbonyl (C=O) groups is 1. The number of nitrogens with zero attached hydrogens (tertiary/aromatic N) is 1. The molecule has 2 aromatic carbocycles. The average Bonchev–Trinajstić information content (AvgIpc) is 3.29. The zero-order valence-electron chi connectivity index (χ0n) is 15.0. The van der Waals surface area contributed by atoms with E-state index in [0.29, 0.717) is 22.1 Å². The van der Waals surface area contributed by atoms with Crippen molar-refractivity contribution < 1.29 is 22.4 Å². The van der Waals surface area contributed by atoms with Gasteiger partial charge in [0, 0.05) is 11.6 Å². The molecule has 1 amide bonds. The second-order valence-electron chi connectivity index (χ2n) is 6.18. The number of halogens is 4. The largest absolute Gasteiger partial charge is 0.457 e. The number of aliphatic imine (C=N–C) groups is 1. The van der Waals surface area contributed by atoms with Crippen LogP contribution in [0.1, 0.15) is 11.3 Å². The fourth-order valence-corrected chi connectivity index (χ4v) is 3.81. The molecule has 1 fully saturated rings. The van der Waals surface area contributed by atoms with Crippen molar-refractivity contribution in [1.29, 1.82) is 0 Å². The molecule has 0 aliphatic carbocycles. The fraction of sp³-hybridized carbons (Fsp3) is 0.0476. The number of amides is 1. The van der Waals surface area contributed by atoms with Gasteiger partial charge in [0.1, 0.15) is 11.5 Å². The normalized spacial score (nSPS) is 17.0. The Labute approximate surface area is 178 Å². The number of nitrogens with one attached hydrogen (secondary N) is 1. The van der Waals surface area contributed by atoms with E-state index in [1.165, 1.54) is 24.3 Å². The number of amidine groups is 1. The molecule has 1 aliphatic rings. The van der Waals surface area contributed by atoms with Gasteiger partial charge >= 0.3 is 6.18 Å². The van der Waals surface area contributed by atoms with Crippen LogP contribution in [0.5, 0.6) is 0 Å². The van der Waals surface area contributed by atoms with E-state index in [9.17, 15) is 18.0 Å². The van der Waals surface area contributed by atoms with E-state index in [0.717, 1.165) is 17.8 Å². The zero-order valence-corrected chi connectivity index (χ0v) is 16.6. The van der Waals surface area contributed by atoms with Crippen molar-refractivity contribution in [2.45, 2.75) is 6.18 Å². The van der Waals surface area contributed by atoms with E-state index in [1.807, 2.05) is 6.07 Å². The maximum Gasteiger partial charge on any atom is 0.418 e. The Bertz CT molecular complexity index is 1180. The Morgan fingerprint density at radius 1 is 1.03 bits per heavy atom. The molecule has 2 heterocycles. The van der Waals surface area contributed by atoms with E-state index in [4.69, 9.17) is 16.0 Å².